The average molecular weight is 739 g/mol. The van der Waals surface area contributed by atoms with Gasteiger partial charge in [0.2, 0.25) is 11.8 Å². The lowest BCUT2D eigenvalue weighted by Gasteiger charge is -2.29. The smallest absolute Gasteiger partial charge is 0.262 e. The van der Waals surface area contributed by atoms with Gasteiger partial charge in [0.1, 0.15) is 17.9 Å². The van der Waals surface area contributed by atoms with Crippen LogP contribution in [0.15, 0.2) is 60.7 Å². The molecule has 5 amide bonds. The molecule has 12 nitrogen and oxygen atoms in total. The molecule has 2 fully saturated rings. The Balaban J connectivity index is 0.821. The molecule has 1 saturated heterocycles. The number of nitrogens with one attached hydrogen (secondary N) is 4. The second-order valence-corrected chi connectivity index (χ2v) is 14.1. The van der Waals surface area contributed by atoms with Gasteiger partial charge in [-0.2, -0.15) is 5.26 Å². The molecule has 0 radical (unpaired) electrons. The highest BCUT2D eigenvalue weighted by Gasteiger charge is 2.44. The van der Waals surface area contributed by atoms with Gasteiger partial charge in [-0.25, -0.2) is 0 Å². The predicted molar refractivity (Wildman–Crippen MR) is 200 cm³/mol. The standard InChI is InChI=1S/C40H43ClN6O6/c41-34-23-31(14-8-26(34)24-42)53-30-15-11-28(12-16-30)45-37(49)25-6-9-27(10-7-25)43-20-4-2-1-3-5-21-44-29-13-17-32-33(22-29)40(52)47(39(32)51)35-18-19-36(48)46-38(35)50/h6-10,13-14,17,22-23,28,30,35,43-44H,1-5,11-12,15-16,18-21H2,(H,45,49)(H,46,48,50). The van der Waals surface area contributed by atoms with E-state index in [9.17, 15) is 24.0 Å². The van der Waals surface area contributed by atoms with Gasteiger partial charge in [-0.05, 0) is 99.5 Å². The molecule has 4 N–H and O–H groups in total. The van der Waals surface area contributed by atoms with Gasteiger partial charge in [0.05, 0.1) is 27.8 Å². The first kappa shape index (κ1) is 37.4. The van der Waals surface area contributed by atoms with Crippen LogP contribution in [0, 0.1) is 11.3 Å². The lowest BCUT2D eigenvalue weighted by molar-refractivity contribution is -0.136. The van der Waals surface area contributed by atoms with Crippen molar-refractivity contribution in [1.82, 2.24) is 15.5 Å². The number of carbonyl (C=O) groups excluding carboxylic acids is 5. The van der Waals surface area contributed by atoms with Crippen LogP contribution in [-0.4, -0.2) is 65.7 Å². The highest BCUT2D eigenvalue weighted by molar-refractivity contribution is 6.31. The molecule has 3 aromatic carbocycles. The van der Waals surface area contributed by atoms with Gasteiger partial charge in [0.25, 0.3) is 17.7 Å². The lowest BCUT2D eigenvalue weighted by atomic mass is 9.92. The van der Waals surface area contributed by atoms with Gasteiger partial charge >= 0.3 is 0 Å². The fraction of sp³-hybridized carbons (Fsp3) is 0.400. The molecule has 276 valence electrons. The Kier molecular flexibility index (Phi) is 12.3. The second kappa shape index (κ2) is 17.4. The number of piperidine rings is 1. The van der Waals surface area contributed by atoms with E-state index < -0.39 is 29.7 Å². The molecule has 3 aromatic rings. The van der Waals surface area contributed by atoms with Crippen molar-refractivity contribution in [2.75, 3.05) is 23.7 Å². The minimum absolute atomic E-state index is 0.0451. The fourth-order valence-electron chi connectivity index (χ4n) is 7.01. The summed E-state index contributed by atoms with van der Waals surface area (Å²) in [6, 6.07) is 18.9. The fourth-order valence-corrected chi connectivity index (χ4v) is 7.23. The molecule has 2 aliphatic heterocycles. The van der Waals surface area contributed by atoms with E-state index in [-0.39, 0.29) is 42.0 Å². The number of carbonyl (C=O) groups is 5. The zero-order valence-electron chi connectivity index (χ0n) is 29.4. The predicted octanol–water partition coefficient (Wildman–Crippen LogP) is 6.21. The van der Waals surface area contributed by atoms with Crippen LogP contribution in [0.25, 0.3) is 0 Å². The van der Waals surface area contributed by atoms with E-state index in [0.29, 0.717) is 21.9 Å². The van der Waals surface area contributed by atoms with E-state index in [2.05, 4.69) is 21.3 Å². The topological polar surface area (TPSA) is 170 Å². The third kappa shape index (κ3) is 9.34. The van der Waals surface area contributed by atoms with E-state index in [1.807, 2.05) is 30.3 Å². The highest BCUT2D eigenvalue weighted by atomic mass is 35.5. The SMILES string of the molecule is N#Cc1ccc(OC2CCC(NC(=O)c3ccc(NCCCCCCCNc4ccc5c(c4)C(=O)N(C4CCC(=O)NC4=O)C5=O)cc3)CC2)cc1Cl. The monoisotopic (exact) mass is 738 g/mol. The van der Waals surface area contributed by atoms with Crippen molar-refractivity contribution in [2.24, 2.45) is 0 Å². The molecule has 0 bridgehead atoms. The van der Waals surface area contributed by atoms with Crippen molar-refractivity contribution in [3.8, 4) is 11.8 Å². The number of hydrogen-bond donors (Lipinski definition) is 4. The number of imide groups is 2. The first-order chi connectivity index (χ1) is 25.7. The van der Waals surface area contributed by atoms with Gasteiger partial charge in [-0.15, -0.1) is 0 Å². The van der Waals surface area contributed by atoms with Crippen LogP contribution in [0.3, 0.4) is 0 Å². The van der Waals surface area contributed by atoms with Crippen LogP contribution in [0.1, 0.15) is 107 Å². The molecule has 1 atom stereocenters. The molecule has 1 saturated carbocycles. The number of fused-ring (bicyclic) bond motifs is 1. The zero-order valence-corrected chi connectivity index (χ0v) is 30.2. The molecule has 3 aliphatic rings. The van der Waals surface area contributed by atoms with Crippen LogP contribution in [-0.2, 0) is 9.59 Å². The van der Waals surface area contributed by atoms with Gasteiger partial charge in [-0.3, -0.25) is 34.2 Å². The zero-order chi connectivity index (χ0) is 37.3. The summed E-state index contributed by atoms with van der Waals surface area (Å²) in [5.74, 6) is -1.46. The number of ether oxygens (including phenoxy) is 1. The maximum atomic E-state index is 13.0. The summed E-state index contributed by atoms with van der Waals surface area (Å²) in [5, 5.41) is 21.6. The van der Waals surface area contributed by atoms with E-state index in [0.717, 1.165) is 87.2 Å². The largest absolute Gasteiger partial charge is 0.490 e. The number of benzene rings is 3. The van der Waals surface area contributed by atoms with Crippen molar-refractivity contribution in [3.63, 3.8) is 0 Å². The molecule has 2 heterocycles. The third-order valence-corrected chi connectivity index (χ3v) is 10.3. The van der Waals surface area contributed by atoms with E-state index in [4.69, 9.17) is 21.6 Å². The number of nitriles is 1. The maximum absolute atomic E-state index is 13.0. The summed E-state index contributed by atoms with van der Waals surface area (Å²) in [5.41, 5.74) is 3.30. The number of anilines is 2. The summed E-state index contributed by atoms with van der Waals surface area (Å²) in [4.78, 5) is 63.5. The Labute approximate surface area is 313 Å². The Morgan fingerprint density at radius 2 is 1.47 bits per heavy atom. The first-order valence-electron chi connectivity index (χ1n) is 18.3. The molecule has 53 heavy (non-hydrogen) atoms. The van der Waals surface area contributed by atoms with Gasteiger partial charge in [0.15, 0.2) is 0 Å². The van der Waals surface area contributed by atoms with Crippen LogP contribution >= 0.6 is 11.6 Å². The summed E-state index contributed by atoms with van der Waals surface area (Å²) in [7, 11) is 0. The summed E-state index contributed by atoms with van der Waals surface area (Å²) in [6.07, 6.45) is 8.73. The molecular weight excluding hydrogens is 696 g/mol. The van der Waals surface area contributed by atoms with Gasteiger partial charge in [-0.1, -0.05) is 30.9 Å². The van der Waals surface area contributed by atoms with Crippen molar-refractivity contribution in [1.29, 1.82) is 5.26 Å². The summed E-state index contributed by atoms with van der Waals surface area (Å²) < 4.78 is 6.06. The average Bonchev–Trinajstić information content (AvgIpc) is 3.40. The minimum atomic E-state index is -0.973. The normalized spacial score (nSPS) is 19.6. The molecule has 1 aliphatic carbocycles. The Hall–Kier alpha value is -5.41. The maximum Gasteiger partial charge on any atom is 0.262 e. The molecule has 6 rings (SSSR count). The Morgan fingerprint density at radius 3 is 2.15 bits per heavy atom. The molecule has 0 aromatic heterocycles. The van der Waals surface area contributed by atoms with Crippen molar-refractivity contribution < 1.29 is 28.7 Å². The number of hydrogen-bond acceptors (Lipinski definition) is 9. The molecule has 0 spiro atoms. The van der Waals surface area contributed by atoms with E-state index in [1.165, 1.54) is 0 Å². The van der Waals surface area contributed by atoms with Crippen molar-refractivity contribution in [2.45, 2.75) is 88.8 Å². The van der Waals surface area contributed by atoms with E-state index in [1.54, 1.807) is 36.4 Å². The molecule has 13 heteroatoms. The van der Waals surface area contributed by atoms with Crippen LogP contribution < -0.4 is 26.0 Å². The lowest BCUT2D eigenvalue weighted by Crippen LogP contribution is -2.54. The van der Waals surface area contributed by atoms with E-state index >= 15 is 0 Å². The van der Waals surface area contributed by atoms with Gasteiger partial charge in [0, 0.05) is 48.6 Å². The minimum Gasteiger partial charge on any atom is -0.490 e. The quantitative estimate of drug-likeness (QED) is 0.105. The summed E-state index contributed by atoms with van der Waals surface area (Å²) in [6.45, 7) is 1.56. The molecular formula is C40H43ClN6O6. The summed E-state index contributed by atoms with van der Waals surface area (Å²) >= 11 is 6.12. The highest BCUT2D eigenvalue weighted by Crippen LogP contribution is 2.30. The number of amides is 5. The van der Waals surface area contributed by atoms with Crippen molar-refractivity contribution >= 4 is 52.5 Å². The number of unbranched alkanes of at least 4 members (excludes halogenated alkanes) is 4. The number of nitrogens with zero attached hydrogens (tertiary/aromatic N) is 2. The second-order valence-electron chi connectivity index (χ2n) is 13.7. The number of rotatable bonds is 15. The Bertz CT molecular complexity index is 1900. The number of halogens is 1. The third-order valence-electron chi connectivity index (χ3n) is 9.97. The first-order valence-corrected chi connectivity index (χ1v) is 18.7. The van der Waals surface area contributed by atoms with Crippen LogP contribution in [0.2, 0.25) is 5.02 Å². The van der Waals surface area contributed by atoms with Crippen molar-refractivity contribution in [3.05, 3.63) is 87.9 Å². The molecule has 1 unspecified atom stereocenters. The van der Waals surface area contributed by atoms with Gasteiger partial charge < -0.3 is 20.7 Å². The van der Waals surface area contributed by atoms with Crippen LogP contribution in [0.5, 0.6) is 5.75 Å². The van der Waals surface area contributed by atoms with Crippen LogP contribution in [0.4, 0.5) is 11.4 Å². The Morgan fingerprint density at radius 1 is 0.811 bits per heavy atom.